The molecule has 2 aromatic rings. The van der Waals surface area contributed by atoms with Crippen LogP contribution in [0.5, 0.6) is 5.75 Å². The number of methoxy groups -OCH3 is 1. The van der Waals surface area contributed by atoms with E-state index >= 15 is 0 Å². The van der Waals surface area contributed by atoms with E-state index in [1.807, 2.05) is 12.1 Å². The SMILES string of the molecule is COc1ccc(N)cc1C(=O)OCc1ccccc1Cl. The van der Waals surface area contributed by atoms with Crippen LogP contribution in [0.3, 0.4) is 0 Å². The van der Waals surface area contributed by atoms with Gasteiger partial charge in [0.05, 0.1) is 7.11 Å². The smallest absolute Gasteiger partial charge is 0.342 e. The highest BCUT2D eigenvalue weighted by atomic mass is 35.5. The van der Waals surface area contributed by atoms with Crippen molar-refractivity contribution in [2.45, 2.75) is 6.61 Å². The van der Waals surface area contributed by atoms with Crippen molar-refractivity contribution in [3.8, 4) is 5.75 Å². The molecule has 0 amide bonds. The van der Waals surface area contributed by atoms with Gasteiger partial charge >= 0.3 is 5.97 Å². The van der Waals surface area contributed by atoms with E-state index in [-0.39, 0.29) is 6.61 Å². The minimum Gasteiger partial charge on any atom is -0.496 e. The van der Waals surface area contributed by atoms with Crippen LogP contribution in [0.1, 0.15) is 15.9 Å². The van der Waals surface area contributed by atoms with Crippen molar-refractivity contribution in [3.05, 3.63) is 58.6 Å². The lowest BCUT2D eigenvalue weighted by molar-refractivity contribution is 0.0469. The van der Waals surface area contributed by atoms with Crippen LogP contribution in [0.4, 0.5) is 5.69 Å². The fraction of sp³-hybridized carbons (Fsp3) is 0.133. The molecular formula is C15H14ClNO3. The van der Waals surface area contributed by atoms with Crippen LogP contribution in [-0.2, 0) is 11.3 Å². The van der Waals surface area contributed by atoms with Crippen LogP contribution >= 0.6 is 11.6 Å². The third-order valence-electron chi connectivity index (χ3n) is 2.76. The summed E-state index contributed by atoms with van der Waals surface area (Å²) in [6.45, 7) is 0.0937. The van der Waals surface area contributed by atoms with Gasteiger partial charge < -0.3 is 15.2 Å². The first kappa shape index (κ1) is 14.2. The average molecular weight is 292 g/mol. The first-order valence-corrected chi connectivity index (χ1v) is 6.33. The maximum atomic E-state index is 12.1. The largest absolute Gasteiger partial charge is 0.496 e. The molecule has 2 aromatic carbocycles. The van der Waals surface area contributed by atoms with E-state index in [0.29, 0.717) is 22.0 Å². The molecule has 0 heterocycles. The Morgan fingerprint density at radius 2 is 2.00 bits per heavy atom. The van der Waals surface area contributed by atoms with Crippen molar-refractivity contribution in [1.82, 2.24) is 0 Å². The predicted octanol–water partition coefficient (Wildman–Crippen LogP) is 3.29. The van der Waals surface area contributed by atoms with Crippen LogP contribution in [0.2, 0.25) is 5.02 Å². The van der Waals surface area contributed by atoms with Crippen LogP contribution in [-0.4, -0.2) is 13.1 Å². The Labute approximate surface area is 122 Å². The molecule has 0 saturated heterocycles. The van der Waals surface area contributed by atoms with Crippen molar-refractivity contribution in [2.24, 2.45) is 0 Å². The fourth-order valence-corrected chi connectivity index (χ4v) is 1.91. The van der Waals surface area contributed by atoms with Gasteiger partial charge in [0, 0.05) is 16.3 Å². The lowest BCUT2D eigenvalue weighted by Crippen LogP contribution is -2.08. The second-order valence-electron chi connectivity index (χ2n) is 4.13. The molecule has 0 aliphatic carbocycles. The van der Waals surface area contributed by atoms with E-state index in [0.717, 1.165) is 5.56 Å². The minimum absolute atomic E-state index is 0.0937. The summed E-state index contributed by atoms with van der Waals surface area (Å²) in [7, 11) is 1.48. The van der Waals surface area contributed by atoms with Gasteiger partial charge in [0.25, 0.3) is 0 Å². The molecule has 0 aliphatic rings. The van der Waals surface area contributed by atoms with Gasteiger partial charge in [-0.05, 0) is 24.3 Å². The van der Waals surface area contributed by atoms with Crippen molar-refractivity contribution in [1.29, 1.82) is 0 Å². The summed E-state index contributed by atoms with van der Waals surface area (Å²) in [5.74, 6) is -0.0857. The van der Waals surface area contributed by atoms with E-state index in [1.165, 1.54) is 13.2 Å². The molecule has 5 heteroatoms. The maximum Gasteiger partial charge on any atom is 0.342 e. The van der Waals surface area contributed by atoms with Gasteiger partial charge in [-0.15, -0.1) is 0 Å². The van der Waals surface area contributed by atoms with Crippen molar-refractivity contribution in [2.75, 3.05) is 12.8 Å². The molecule has 20 heavy (non-hydrogen) atoms. The number of rotatable bonds is 4. The van der Waals surface area contributed by atoms with Gasteiger partial charge in [0.2, 0.25) is 0 Å². The topological polar surface area (TPSA) is 61.5 Å². The fourth-order valence-electron chi connectivity index (χ4n) is 1.72. The van der Waals surface area contributed by atoms with Gasteiger partial charge in [-0.2, -0.15) is 0 Å². The number of hydrogen-bond acceptors (Lipinski definition) is 4. The molecule has 4 nitrogen and oxygen atoms in total. The summed E-state index contributed by atoms with van der Waals surface area (Å²) < 4.78 is 10.3. The van der Waals surface area contributed by atoms with E-state index in [9.17, 15) is 4.79 Å². The van der Waals surface area contributed by atoms with Gasteiger partial charge in [-0.1, -0.05) is 29.8 Å². The second kappa shape index (κ2) is 6.30. The van der Waals surface area contributed by atoms with Gasteiger partial charge in [-0.3, -0.25) is 0 Å². The Morgan fingerprint density at radius 1 is 1.25 bits per heavy atom. The molecule has 0 radical (unpaired) electrons. The number of carbonyl (C=O) groups excluding carboxylic acids is 1. The van der Waals surface area contributed by atoms with Crippen LogP contribution in [0.15, 0.2) is 42.5 Å². The summed E-state index contributed by atoms with van der Waals surface area (Å²) >= 11 is 6.00. The van der Waals surface area contributed by atoms with Crippen LogP contribution < -0.4 is 10.5 Å². The van der Waals surface area contributed by atoms with Gasteiger partial charge in [-0.25, -0.2) is 4.79 Å². The van der Waals surface area contributed by atoms with Gasteiger partial charge in [0.15, 0.2) is 0 Å². The standard InChI is InChI=1S/C15H14ClNO3/c1-19-14-7-6-11(17)8-12(14)15(18)20-9-10-4-2-3-5-13(10)16/h2-8H,9,17H2,1H3. The van der Waals surface area contributed by atoms with Crippen molar-refractivity contribution < 1.29 is 14.3 Å². The molecule has 0 bridgehead atoms. The van der Waals surface area contributed by atoms with Crippen molar-refractivity contribution in [3.63, 3.8) is 0 Å². The Balaban J connectivity index is 2.13. The predicted molar refractivity (Wildman–Crippen MR) is 78.0 cm³/mol. The monoisotopic (exact) mass is 291 g/mol. The van der Waals surface area contributed by atoms with E-state index in [2.05, 4.69) is 0 Å². The first-order chi connectivity index (χ1) is 9.61. The molecule has 0 spiro atoms. The highest BCUT2D eigenvalue weighted by molar-refractivity contribution is 6.31. The van der Waals surface area contributed by atoms with Crippen LogP contribution in [0.25, 0.3) is 0 Å². The number of halogens is 1. The lowest BCUT2D eigenvalue weighted by atomic mass is 10.2. The number of esters is 1. The summed E-state index contributed by atoms with van der Waals surface area (Å²) in [5.41, 5.74) is 7.17. The number of benzene rings is 2. The number of nitrogens with two attached hydrogens (primary N) is 1. The molecule has 0 aromatic heterocycles. The molecule has 0 unspecified atom stereocenters. The number of hydrogen-bond donors (Lipinski definition) is 1. The Morgan fingerprint density at radius 3 is 2.70 bits per heavy atom. The summed E-state index contributed by atoms with van der Waals surface area (Å²) in [6, 6.07) is 12.0. The molecule has 2 N–H and O–H groups in total. The quantitative estimate of drug-likeness (QED) is 0.693. The molecule has 104 valence electrons. The molecule has 0 atom stereocenters. The van der Waals surface area contributed by atoms with Crippen LogP contribution in [0, 0.1) is 0 Å². The average Bonchev–Trinajstić information content (AvgIpc) is 2.46. The number of ether oxygens (including phenoxy) is 2. The Kier molecular flexibility index (Phi) is 4.48. The highest BCUT2D eigenvalue weighted by Crippen LogP contribution is 2.23. The summed E-state index contributed by atoms with van der Waals surface area (Å²) in [6.07, 6.45) is 0. The first-order valence-electron chi connectivity index (χ1n) is 5.96. The summed E-state index contributed by atoms with van der Waals surface area (Å²) in [5, 5.41) is 0.555. The second-order valence-corrected chi connectivity index (χ2v) is 4.53. The third kappa shape index (κ3) is 3.22. The van der Waals surface area contributed by atoms with E-state index < -0.39 is 5.97 Å². The van der Waals surface area contributed by atoms with E-state index in [1.54, 1.807) is 24.3 Å². The normalized spacial score (nSPS) is 10.1. The van der Waals surface area contributed by atoms with Crippen molar-refractivity contribution >= 4 is 23.3 Å². The third-order valence-corrected chi connectivity index (χ3v) is 3.13. The van der Waals surface area contributed by atoms with E-state index in [4.69, 9.17) is 26.8 Å². The molecule has 0 fully saturated rings. The van der Waals surface area contributed by atoms with Gasteiger partial charge in [0.1, 0.15) is 17.9 Å². The number of carbonyl (C=O) groups is 1. The number of anilines is 1. The lowest BCUT2D eigenvalue weighted by Gasteiger charge is -2.10. The minimum atomic E-state index is -0.505. The Hall–Kier alpha value is -2.20. The zero-order chi connectivity index (χ0) is 14.5. The zero-order valence-electron chi connectivity index (χ0n) is 10.9. The Bertz CT molecular complexity index is 628. The molecule has 0 aliphatic heterocycles. The maximum absolute atomic E-state index is 12.1. The number of nitrogen functional groups attached to an aromatic ring is 1. The highest BCUT2D eigenvalue weighted by Gasteiger charge is 2.14. The summed E-state index contributed by atoms with van der Waals surface area (Å²) in [4.78, 5) is 12.1. The zero-order valence-corrected chi connectivity index (χ0v) is 11.7. The molecule has 0 saturated carbocycles. The molecule has 2 rings (SSSR count). The molecular weight excluding hydrogens is 278 g/mol.